The quantitative estimate of drug-likeness (QED) is 0.156. The number of phenolic OH excluding ortho intramolecular Hbond substituents is 1. The lowest BCUT2D eigenvalue weighted by molar-refractivity contribution is -0.212. The Bertz CT molecular complexity index is 922. The monoisotopic (exact) mass is 556 g/mol. The van der Waals surface area contributed by atoms with Gasteiger partial charge >= 0.3 is 5.97 Å². The van der Waals surface area contributed by atoms with Gasteiger partial charge in [-0.2, -0.15) is 0 Å². The standard InChI is InChI=1S/C26H40N2O9S/c1-4-7-15-12-17(27-13-15)24(33)28-19(14(2)35-3)23-21(31)20(30)22(32)26(37-23)38-11-10-36-25(34)16-8-5-6-9-18(16)29/h5-6,8-9,14-15,17,19-23,26-27,29-32H,4,7,10-13H2,1-3H3,(H,28,33)/t14-,15-,17+,19-,20+,21-,22-,23-,26-/m1/s1. The number of hydrogen-bond acceptors (Lipinski definition) is 11. The molecule has 38 heavy (non-hydrogen) atoms. The second-order valence-corrected chi connectivity index (χ2v) is 11.0. The molecule has 0 aliphatic carbocycles. The van der Waals surface area contributed by atoms with Crippen LogP contribution in [0.4, 0.5) is 0 Å². The molecule has 2 aliphatic rings. The molecule has 0 bridgehead atoms. The van der Waals surface area contributed by atoms with Crippen LogP contribution in [0.2, 0.25) is 0 Å². The van der Waals surface area contributed by atoms with Crippen molar-refractivity contribution in [2.45, 2.75) is 81.1 Å². The van der Waals surface area contributed by atoms with E-state index in [0.29, 0.717) is 12.3 Å². The molecule has 9 atom stereocenters. The van der Waals surface area contributed by atoms with Gasteiger partial charge < -0.3 is 45.3 Å². The number of para-hydroxylation sites is 1. The zero-order chi connectivity index (χ0) is 27.8. The van der Waals surface area contributed by atoms with Crippen LogP contribution in [0.1, 0.15) is 43.5 Å². The molecule has 11 nitrogen and oxygen atoms in total. The number of aromatic hydroxyl groups is 1. The lowest BCUT2D eigenvalue weighted by Crippen LogP contribution is -2.66. The lowest BCUT2D eigenvalue weighted by Gasteiger charge is -2.44. The van der Waals surface area contributed by atoms with Crippen LogP contribution >= 0.6 is 11.8 Å². The van der Waals surface area contributed by atoms with Crippen LogP contribution in [0.5, 0.6) is 5.75 Å². The highest BCUT2D eigenvalue weighted by Crippen LogP contribution is 2.31. The average Bonchev–Trinajstić information content (AvgIpc) is 3.38. The molecule has 1 aromatic rings. The second-order valence-electron chi connectivity index (χ2n) is 9.79. The number of esters is 1. The molecule has 2 fully saturated rings. The molecule has 0 spiro atoms. The Morgan fingerprint density at radius 2 is 1.95 bits per heavy atom. The molecule has 2 heterocycles. The molecule has 3 rings (SSSR count). The number of carbonyl (C=O) groups is 2. The molecule has 0 saturated carbocycles. The first-order valence-electron chi connectivity index (χ1n) is 13.0. The van der Waals surface area contributed by atoms with Crippen molar-refractivity contribution in [1.82, 2.24) is 10.6 Å². The Labute approximate surface area is 227 Å². The van der Waals surface area contributed by atoms with E-state index in [9.17, 15) is 30.0 Å². The van der Waals surface area contributed by atoms with Gasteiger partial charge in [0.2, 0.25) is 5.91 Å². The summed E-state index contributed by atoms with van der Waals surface area (Å²) >= 11 is 1.09. The van der Waals surface area contributed by atoms with Gasteiger partial charge in [-0.05, 0) is 44.4 Å². The SMILES string of the molecule is CCC[C@H]1CN[C@H](C(=O)N[C@@H]([C@H]2O[C@H](SCCOC(=O)c3ccccc3O)[C@H](O)[C@@H](O)[C@H]2O)[C@@H](C)OC)C1. The van der Waals surface area contributed by atoms with E-state index in [0.717, 1.165) is 31.1 Å². The van der Waals surface area contributed by atoms with E-state index in [1.54, 1.807) is 19.1 Å². The van der Waals surface area contributed by atoms with Gasteiger partial charge in [-0.1, -0.05) is 25.5 Å². The third kappa shape index (κ3) is 7.59. The van der Waals surface area contributed by atoms with Crippen LogP contribution in [-0.4, -0.2) is 106 Å². The molecule has 214 valence electrons. The van der Waals surface area contributed by atoms with E-state index >= 15 is 0 Å². The van der Waals surface area contributed by atoms with Crippen molar-refractivity contribution in [3.8, 4) is 5.75 Å². The highest BCUT2D eigenvalue weighted by Gasteiger charge is 2.49. The summed E-state index contributed by atoms with van der Waals surface area (Å²) in [5.74, 6) is -0.499. The summed E-state index contributed by atoms with van der Waals surface area (Å²) in [6.07, 6.45) is -3.28. The van der Waals surface area contributed by atoms with E-state index in [1.165, 1.54) is 19.2 Å². The lowest BCUT2D eigenvalue weighted by atomic mass is 9.91. The first-order valence-corrected chi connectivity index (χ1v) is 14.1. The van der Waals surface area contributed by atoms with Gasteiger partial charge in [0.05, 0.1) is 18.2 Å². The fraction of sp³-hybridized carbons (Fsp3) is 0.692. The zero-order valence-electron chi connectivity index (χ0n) is 22.0. The molecule has 6 N–H and O–H groups in total. The molecule has 1 amide bonds. The summed E-state index contributed by atoms with van der Waals surface area (Å²) in [6.45, 7) is 4.55. The summed E-state index contributed by atoms with van der Waals surface area (Å²) in [5, 5.41) is 47.8. The van der Waals surface area contributed by atoms with Gasteiger partial charge in [0.15, 0.2) is 0 Å². The Balaban J connectivity index is 1.60. The number of nitrogens with one attached hydrogen (secondary N) is 2. The predicted molar refractivity (Wildman–Crippen MR) is 141 cm³/mol. The van der Waals surface area contributed by atoms with Gasteiger partial charge in [-0.25, -0.2) is 4.79 Å². The minimum Gasteiger partial charge on any atom is -0.507 e. The summed E-state index contributed by atoms with van der Waals surface area (Å²) in [5.41, 5.74) is -0.931. The summed E-state index contributed by atoms with van der Waals surface area (Å²) in [6, 6.07) is 4.84. The number of phenols is 1. The molecule has 0 unspecified atom stereocenters. The number of hydrogen-bond donors (Lipinski definition) is 6. The van der Waals surface area contributed by atoms with Crippen LogP contribution in [0.15, 0.2) is 24.3 Å². The predicted octanol–water partition coefficient (Wildman–Crippen LogP) is 0.388. The number of ether oxygens (including phenoxy) is 3. The van der Waals surface area contributed by atoms with Crippen LogP contribution in [-0.2, 0) is 19.0 Å². The topological polar surface area (TPSA) is 167 Å². The largest absolute Gasteiger partial charge is 0.507 e. The first kappa shape index (κ1) is 30.6. The van der Waals surface area contributed by atoms with E-state index in [-0.39, 0.29) is 35.6 Å². The number of aliphatic hydroxyl groups excluding tert-OH is 3. The maximum atomic E-state index is 13.1. The Hall–Kier alpha value is -1.93. The van der Waals surface area contributed by atoms with Gasteiger partial charge in [0.1, 0.15) is 47.8 Å². The van der Waals surface area contributed by atoms with E-state index in [4.69, 9.17) is 14.2 Å². The van der Waals surface area contributed by atoms with Gasteiger partial charge in [0.25, 0.3) is 0 Å². The smallest absolute Gasteiger partial charge is 0.341 e. The van der Waals surface area contributed by atoms with Crippen molar-refractivity contribution in [3.63, 3.8) is 0 Å². The Morgan fingerprint density at radius 3 is 2.63 bits per heavy atom. The number of amides is 1. The van der Waals surface area contributed by atoms with E-state index in [2.05, 4.69) is 17.6 Å². The molecule has 0 radical (unpaired) electrons. The fourth-order valence-corrected chi connectivity index (χ4v) is 5.82. The minimum atomic E-state index is -1.53. The summed E-state index contributed by atoms with van der Waals surface area (Å²) < 4.78 is 16.7. The van der Waals surface area contributed by atoms with Gasteiger partial charge in [0, 0.05) is 12.9 Å². The average molecular weight is 557 g/mol. The highest BCUT2D eigenvalue weighted by molar-refractivity contribution is 7.99. The molecule has 2 saturated heterocycles. The van der Waals surface area contributed by atoms with Crippen molar-refractivity contribution in [2.75, 3.05) is 26.0 Å². The summed E-state index contributed by atoms with van der Waals surface area (Å²) in [4.78, 5) is 25.3. The van der Waals surface area contributed by atoms with Gasteiger partial charge in [-0.3, -0.25) is 4.79 Å². The highest BCUT2D eigenvalue weighted by atomic mass is 32.2. The van der Waals surface area contributed by atoms with Crippen LogP contribution < -0.4 is 10.6 Å². The maximum Gasteiger partial charge on any atom is 0.341 e. The number of carbonyl (C=O) groups excluding carboxylic acids is 2. The Kier molecular flexibility index (Phi) is 11.6. The van der Waals surface area contributed by atoms with Crippen molar-refractivity contribution < 1.29 is 44.2 Å². The maximum absolute atomic E-state index is 13.1. The van der Waals surface area contributed by atoms with Gasteiger partial charge in [-0.15, -0.1) is 11.8 Å². The number of thioether (sulfide) groups is 1. The first-order chi connectivity index (χ1) is 18.2. The molecule has 12 heteroatoms. The molecule has 1 aromatic carbocycles. The summed E-state index contributed by atoms with van der Waals surface area (Å²) in [7, 11) is 1.47. The van der Waals surface area contributed by atoms with E-state index < -0.39 is 48.0 Å². The zero-order valence-corrected chi connectivity index (χ0v) is 22.8. The van der Waals surface area contributed by atoms with Crippen molar-refractivity contribution in [2.24, 2.45) is 5.92 Å². The minimum absolute atomic E-state index is 0.0370. The normalized spacial score (nSPS) is 30.9. The van der Waals surface area contributed by atoms with Crippen molar-refractivity contribution in [1.29, 1.82) is 0 Å². The third-order valence-electron chi connectivity index (χ3n) is 7.10. The third-order valence-corrected chi connectivity index (χ3v) is 8.23. The number of methoxy groups -OCH3 is 1. The number of aliphatic hydroxyl groups is 3. The van der Waals surface area contributed by atoms with Crippen molar-refractivity contribution in [3.05, 3.63) is 29.8 Å². The number of benzene rings is 1. The van der Waals surface area contributed by atoms with Crippen LogP contribution in [0, 0.1) is 5.92 Å². The molecule has 2 aliphatic heterocycles. The fourth-order valence-electron chi connectivity index (χ4n) is 4.85. The molecular weight excluding hydrogens is 516 g/mol. The second kappa shape index (κ2) is 14.5. The van der Waals surface area contributed by atoms with E-state index in [1.807, 2.05) is 0 Å². The Morgan fingerprint density at radius 1 is 1.21 bits per heavy atom. The van der Waals surface area contributed by atoms with Crippen molar-refractivity contribution >= 4 is 23.6 Å². The molecule has 0 aromatic heterocycles. The number of rotatable bonds is 12. The molecular formula is C26H40N2O9S. The van der Waals surface area contributed by atoms with Crippen LogP contribution in [0.25, 0.3) is 0 Å². The van der Waals surface area contributed by atoms with Crippen LogP contribution in [0.3, 0.4) is 0 Å².